The molecule has 0 saturated carbocycles. The number of hydrogen-bond donors (Lipinski definition) is 1. The average Bonchev–Trinajstić information content (AvgIpc) is 2.28. The number of halogens is 1. The van der Waals surface area contributed by atoms with Crippen LogP contribution in [-0.2, 0) is 6.54 Å². The average molecular weight is 225 g/mol. The third kappa shape index (κ3) is 2.92. The second-order valence-electron chi connectivity index (χ2n) is 4.09. The van der Waals surface area contributed by atoms with Crippen LogP contribution in [0.2, 0.25) is 0 Å². The Labute approximate surface area is 96.5 Å². The highest BCUT2D eigenvalue weighted by Crippen LogP contribution is 2.20. The number of rotatable bonds is 5. The maximum absolute atomic E-state index is 13.0. The van der Waals surface area contributed by atoms with E-state index in [0.717, 1.165) is 24.2 Å². The first-order valence-electron chi connectivity index (χ1n) is 5.67. The second-order valence-corrected chi connectivity index (χ2v) is 4.09. The van der Waals surface area contributed by atoms with E-state index in [1.54, 1.807) is 0 Å². The summed E-state index contributed by atoms with van der Waals surface area (Å²) in [5.74, 6) is 0.450. The van der Waals surface area contributed by atoms with E-state index in [2.05, 4.69) is 23.7 Å². The first kappa shape index (κ1) is 12.9. The Hall–Kier alpha value is -1.16. The van der Waals surface area contributed by atoms with Gasteiger partial charge in [-0.15, -0.1) is 0 Å². The van der Waals surface area contributed by atoms with E-state index >= 15 is 0 Å². The molecule has 1 atom stereocenters. The van der Waals surface area contributed by atoms with Crippen LogP contribution < -0.4 is 10.6 Å². The van der Waals surface area contributed by atoms with Crippen LogP contribution in [-0.4, -0.2) is 18.1 Å². The van der Waals surface area contributed by atoms with Crippen molar-refractivity contribution in [3.63, 3.8) is 0 Å². The van der Waals surface area contributed by atoms with Gasteiger partial charge in [-0.2, -0.15) is 0 Å². The maximum atomic E-state index is 13.0. The molecular formula is C12H20FN3. The highest BCUT2D eigenvalue weighted by Gasteiger charge is 2.14. The van der Waals surface area contributed by atoms with Crippen LogP contribution in [0, 0.1) is 5.82 Å². The Morgan fingerprint density at radius 2 is 2.25 bits per heavy atom. The van der Waals surface area contributed by atoms with Crippen LogP contribution in [0.25, 0.3) is 0 Å². The lowest BCUT2D eigenvalue weighted by molar-refractivity contribution is 0.597. The van der Waals surface area contributed by atoms with Crippen LogP contribution in [0.1, 0.15) is 32.3 Å². The summed E-state index contributed by atoms with van der Waals surface area (Å²) in [6, 6.07) is 1.84. The zero-order chi connectivity index (χ0) is 12.1. The molecule has 0 amide bonds. The van der Waals surface area contributed by atoms with Gasteiger partial charge in [0.25, 0.3) is 0 Å². The zero-order valence-corrected chi connectivity index (χ0v) is 10.2. The molecule has 4 heteroatoms. The molecule has 16 heavy (non-hydrogen) atoms. The molecule has 0 fully saturated rings. The van der Waals surface area contributed by atoms with E-state index in [0.29, 0.717) is 12.6 Å². The predicted octanol–water partition coefficient (Wildman–Crippen LogP) is 2.30. The topological polar surface area (TPSA) is 42.2 Å². The molecule has 0 aliphatic rings. The smallest absolute Gasteiger partial charge is 0.141 e. The summed E-state index contributed by atoms with van der Waals surface area (Å²) in [6.07, 6.45) is 3.44. The van der Waals surface area contributed by atoms with Gasteiger partial charge < -0.3 is 10.6 Å². The van der Waals surface area contributed by atoms with Crippen LogP contribution in [0.15, 0.2) is 12.3 Å². The molecule has 0 saturated heterocycles. The molecule has 1 aromatic rings. The minimum Gasteiger partial charge on any atom is -0.357 e. The van der Waals surface area contributed by atoms with Gasteiger partial charge >= 0.3 is 0 Å². The monoisotopic (exact) mass is 225 g/mol. The number of nitrogens with zero attached hydrogens (tertiary/aromatic N) is 2. The van der Waals surface area contributed by atoms with Crippen molar-refractivity contribution in [1.82, 2.24) is 4.98 Å². The number of hydrogen-bond acceptors (Lipinski definition) is 3. The third-order valence-corrected chi connectivity index (χ3v) is 2.83. The van der Waals surface area contributed by atoms with Crippen molar-refractivity contribution in [2.45, 2.75) is 39.3 Å². The largest absolute Gasteiger partial charge is 0.357 e. The molecule has 0 spiro atoms. The molecule has 1 heterocycles. The van der Waals surface area contributed by atoms with E-state index in [1.165, 1.54) is 12.3 Å². The quantitative estimate of drug-likeness (QED) is 0.836. The summed E-state index contributed by atoms with van der Waals surface area (Å²) in [4.78, 5) is 6.18. The molecular weight excluding hydrogens is 205 g/mol. The summed E-state index contributed by atoms with van der Waals surface area (Å²) in [5.41, 5.74) is 6.35. The van der Waals surface area contributed by atoms with Gasteiger partial charge in [0.05, 0.1) is 6.20 Å². The van der Waals surface area contributed by atoms with Gasteiger partial charge in [-0.1, -0.05) is 13.3 Å². The van der Waals surface area contributed by atoms with E-state index in [4.69, 9.17) is 5.73 Å². The number of anilines is 1. The lowest BCUT2D eigenvalue weighted by atomic mass is 10.1. The Balaban J connectivity index is 2.93. The van der Waals surface area contributed by atoms with Gasteiger partial charge in [0.2, 0.25) is 0 Å². The molecule has 3 nitrogen and oxygen atoms in total. The number of pyridine rings is 1. The zero-order valence-electron chi connectivity index (χ0n) is 10.2. The molecule has 0 bridgehead atoms. The Bertz CT molecular complexity index is 341. The summed E-state index contributed by atoms with van der Waals surface area (Å²) < 4.78 is 13.0. The van der Waals surface area contributed by atoms with Gasteiger partial charge in [-0.05, 0) is 19.4 Å². The molecule has 1 unspecified atom stereocenters. The fraction of sp³-hybridized carbons (Fsp3) is 0.583. The standard InChI is InChI=1S/C12H20FN3/c1-4-5-9(2)16(3)12-10(7-14)6-11(13)8-15-12/h6,8-9H,4-5,7,14H2,1-3H3. The predicted molar refractivity (Wildman–Crippen MR) is 64.9 cm³/mol. The molecule has 0 aromatic carbocycles. The summed E-state index contributed by atoms with van der Waals surface area (Å²) in [5, 5.41) is 0. The molecule has 0 radical (unpaired) electrons. The van der Waals surface area contributed by atoms with Gasteiger partial charge in [0.1, 0.15) is 11.6 Å². The van der Waals surface area contributed by atoms with Crippen LogP contribution in [0.3, 0.4) is 0 Å². The fourth-order valence-corrected chi connectivity index (χ4v) is 1.76. The van der Waals surface area contributed by atoms with Crippen LogP contribution in [0.4, 0.5) is 10.2 Å². The summed E-state index contributed by atoms with van der Waals surface area (Å²) in [7, 11) is 1.97. The Morgan fingerprint density at radius 1 is 1.56 bits per heavy atom. The van der Waals surface area contributed by atoms with Crippen molar-refractivity contribution in [2.75, 3.05) is 11.9 Å². The fourth-order valence-electron chi connectivity index (χ4n) is 1.76. The second kappa shape index (κ2) is 5.80. The van der Waals surface area contributed by atoms with Gasteiger partial charge in [0, 0.05) is 25.2 Å². The molecule has 0 aliphatic heterocycles. The van der Waals surface area contributed by atoms with Gasteiger partial charge in [-0.3, -0.25) is 0 Å². The SMILES string of the molecule is CCCC(C)N(C)c1ncc(F)cc1CN. The lowest BCUT2D eigenvalue weighted by Gasteiger charge is -2.27. The van der Waals surface area contributed by atoms with Crippen molar-refractivity contribution < 1.29 is 4.39 Å². The minimum absolute atomic E-state index is 0.309. The van der Waals surface area contributed by atoms with Crippen LogP contribution in [0.5, 0.6) is 0 Å². The molecule has 1 rings (SSSR count). The van der Waals surface area contributed by atoms with Crippen molar-refractivity contribution >= 4 is 5.82 Å². The van der Waals surface area contributed by atoms with E-state index in [9.17, 15) is 4.39 Å². The molecule has 90 valence electrons. The normalized spacial score (nSPS) is 12.6. The summed E-state index contributed by atoms with van der Waals surface area (Å²) in [6.45, 7) is 4.59. The van der Waals surface area contributed by atoms with Crippen molar-refractivity contribution in [2.24, 2.45) is 5.73 Å². The van der Waals surface area contributed by atoms with Gasteiger partial charge in [0.15, 0.2) is 0 Å². The third-order valence-electron chi connectivity index (χ3n) is 2.83. The lowest BCUT2D eigenvalue weighted by Crippen LogP contribution is -2.30. The number of nitrogens with two attached hydrogens (primary N) is 1. The van der Waals surface area contributed by atoms with Crippen molar-refractivity contribution in [3.8, 4) is 0 Å². The minimum atomic E-state index is -0.333. The maximum Gasteiger partial charge on any atom is 0.141 e. The molecule has 0 aliphatic carbocycles. The highest BCUT2D eigenvalue weighted by atomic mass is 19.1. The Kier molecular flexibility index (Phi) is 4.68. The van der Waals surface area contributed by atoms with Crippen molar-refractivity contribution in [3.05, 3.63) is 23.6 Å². The summed E-state index contributed by atoms with van der Waals surface area (Å²) >= 11 is 0. The molecule has 1 aromatic heterocycles. The van der Waals surface area contributed by atoms with Crippen molar-refractivity contribution in [1.29, 1.82) is 0 Å². The van der Waals surface area contributed by atoms with E-state index < -0.39 is 0 Å². The van der Waals surface area contributed by atoms with Crippen LogP contribution >= 0.6 is 0 Å². The first-order chi connectivity index (χ1) is 7.60. The molecule has 2 N–H and O–H groups in total. The number of aromatic nitrogens is 1. The van der Waals surface area contributed by atoms with E-state index in [-0.39, 0.29) is 5.82 Å². The first-order valence-corrected chi connectivity index (χ1v) is 5.67. The van der Waals surface area contributed by atoms with Gasteiger partial charge in [-0.25, -0.2) is 9.37 Å². The van der Waals surface area contributed by atoms with E-state index in [1.807, 2.05) is 7.05 Å². The highest BCUT2D eigenvalue weighted by molar-refractivity contribution is 5.46. The Morgan fingerprint density at radius 3 is 2.81 bits per heavy atom.